The van der Waals surface area contributed by atoms with E-state index in [1.165, 1.54) is 19.6 Å². The van der Waals surface area contributed by atoms with Crippen molar-refractivity contribution in [2.45, 2.75) is 91.5 Å². The molecule has 0 saturated heterocycles. The van der Waals surface area contributed by atoms with Crippen molar-refractivity contribution in [1.29, 1.82) is 0 Å². The quantitative estimate of drug-likeness (QED) is 0.279. The molecule has 4 rings (SSSR count). The molecule has 7 heteroatoms. The predicted molar refractivity (Wildman–Crippen MR) is 129 cm³/mol. The molecular weight excluding hydrogens is 448 g/mol. The predicted octanol–water partition coefficient (Wildman–Crippen LogP) is 4.62. The summed E-state index contributed by atoms with van der Waals surface area (Å²) in [6, 6.07) is 0. The van der Waals surface area contributed by atoms with E-state index < -0.39 is 12.3 Å². The number of ketones is 1. The summed E-state index contributed by atoms with van der Waals surface area (Å²) in [5, 5.41) is 0. The molecule has 35 heavy (non-hydrogen) atoms. The van der Waals surface area contributed by atoms with E-state index >= 15 is 0 Å². The molecule has 0 N–H and O–H groups in total. The van der Waals surface area contributed by atoms with Crippen LogP contribution in [0.1, 0.15) is 79.1 Å². The summed E-state index contributed by atoms with van der Waals surface area (Å²) >= 11 is 0. The van der Waals surface area contributed by atoms with E-state index in [9.17, 15) is 14.4 Å². The van der Waals surface area contributed by atoms with Crippen LogP contribution in [-0.2, 0) is 33.3 Å². The molecule has 0 aromatic carbocycles. The van der Waals surface area contributed by atoms with Gasteiger partial charge in [-0.1, -0.05) is 25.5 Å². The lowest BCUT2D eigenvalue weighted by atomic mass is 9.47. The van der Waals surface area contributed by atoms with Crippen LogP contribution >= 0.6 is 0 Å². The topological polar surface area (TPSA) is 88.1 Å². The van der Waals surface area contributed by atoms with E-state index in [1.807, 2.05) is 0 Å². The lowest BCUT2D eigenvalue weighted by Crippen LogP contribution is -2.51. The normalized spacial score (nSPS) is 38.9. The molecule has 0 aromatic heterocycles. The van der Waals surface area contributed by atoms with E-state index in [2.05, 4.69) is 19.9 Å². The molecular formula is C28H42O7. The third-order valence-corrected chi connectivity index (χ3v) is 9.92. The van der Waals surface area contributed by atoms with Crippen LogP contribution < -0.4 is 0 Å². The Labute approximate surface area is 209 Å². The Morgan fingerprint density at radius 1 is 1.06 bits per heavy atom. The third kappa shape index (κ3) is 5.08. The highest BCUT2D eigenvalue weighted by atomic mass is 16.7. The summed E-state index contributed by atoms with van der Waals surface area (Å²) in [5.41, 5.74) is 1.60. The van der Waals surface area contributed by atoms with Gasteiger partial charge in [0.2, 0.25) is 0 Å². The van der Waals surface area contributed by atoms with Gasteiger partial charge in [0.1, 0.15) is 19.3 Å². The van der Waals surface area contributed by atoms with Crippen molar-refractivity contribution >= 4 is 17.7 Å². The van der Waals surface area contributed by atoms with Crippen LogP contribution in [0, 0.1) is 34.5 Å². The number of allylic oxidation sites excluding steroid dienone is 1. The van der Waals surface area contributed by atoms with Crippen LogP contribution in [0.15, 0.2) is 11.6 Å². The Balaban J connectivity index is 1.39. The van der Waals surface area contributed by atoms with Crippen LogP contribution in [0.4, 0.5) is 0 Å². The number of Topliss-reactive ketones (excluding diaryl/α,β-unsaturated/α-hetero) is 1. The van der Waals surface area contributed by atoms with Crippen molar-refractivity contribution in [3.05, 3.63) is 11.6 Å². The number of esters is 2. The Morgan fingerprint density at radius 2 is 1.83 bits per heavy atom. The number of methoxy groups -OCH3 is 1. The van der Waals surface area contributed by atoms with Gasteiger partial charge in [0.25, 0.3) is 0 Å². The monoisotopic (exact) mass is 490 g/mol. The largest absolute Gasteiger partial charge is 0.462 e. The first kappa shape index (κ1) is 26.3. The number of hydrogen-bond donors (Lipinski definition) is 0. The Hall–Kier alpha value is -1.73. The number of carbonyl (C=O) groups excluding carboxylic acids is 3. The molecule has 0 heterocycles. The molecule has 3 saturated carbocycles. The summed E-state index contributed by atoms with van der Waals surface area (Å²) in [6.45, 7) is 7.52. The van der Waals surface area contributed by atoms with E-state index in [1.54, 1.807) is 6.92 Å². The Kier molecular flexibility index (Phi) is 7.77. The first-order chi connectivity index (χ1) is 16.6. The lowest BCUT2D eigenvalue weighted by molar-refractivity contribution is -0.166. The van der Waals surface area contributed by atoms with E-state index in [4.69, 9.17) is 18.9 Å². The smallest absolute Gasteiger partial charge is 0.332 e. The standard InChI is InChI=1S/C28H42O7/c1-17(29)35-20-10-12-27(3)19(14-20)6-7-21-22-8-9-24(28(22,4)13-11-23(21)27)25(30)15-34-26(31)16-33-18(2)32-5/h6,18,20-24H,7-16H2,1-5H3/t18?,20-,21-,22-,23-,24+,27-,28-/m0/s1. The summed E-state index contributed by atoms with van der Waals surface area (Å²) < 4.78 is 21.0. The van der Waals surface area contributed by atoms with Gasteiger partial charge >= 0.3 is 11.9 Å². The van der Waals surface area contributed by atoms with Crippen molar-refractivity contribution in [3.8, 4) is 0 Å². The average molecular weight is 491 g/mol. The van der Waals surface area contributed by atoms with Gasteiger partial charge in [-0.15, -0.1) is 0 Å². The summed E-state index contributed by atoms with van der Waals surface area (Å²) in [7, 11) is 1.50. The maximum atomic E-state index is 13.2. The van der Waals surface area contributed by atoms with Crippen molar-refractivity contribution in [3.63, 3.8) is 0 Å². The van der Waals surface area contributed by atoms with Crippen molar-refractivity contribution in [1.82, 2.24) is 0 Å². The second-order valence-electron chi connectivity index (χ2n) is 11.6. The fourth-order valence-electron chi connectivity index (χ4n) is 8.04. The highest BCUT2D eigenvalue weighted by molar-refractivity contribution is 5.85. The van der Waals surface area contributed by atoms with Crippen LogP contribution in [0.25, 0.3) is 0 Å². The van der Waals surface area contributed by atoms with Crippen LogP contribution in [-0.4, -0.2) is 50.4 Å². The molecule has 4 aliphatic rings. The van der Waals surface area contributed by atoms with E-state index in [0.717, 1.165) is 51.4 Å². The van der Waals surface area contributed by atoms with Gasteiger partial charge in [-0.3, -0.25) is 9.59 Å². The Morgan fingerprint density at radius 3 is 2.54 bits per heavy atom. The minimum absolute atomic E-state index is 0.0107. The lowest BCUT2D eigenvalue weighted by Gasteiger charge is -2.58. The van der Waals surface area contributed by atoms with Crippen LogP contribution in [0.3, 0.4) is 0 Å². The van der Waals surface area contributed by atoms with Gasteiger partial charge in [-0.2, -0.15) is 0 Å². The molecule has 3 fully saturated rings. The fraction of sp³-hybridized carbons (Fsp3) is 0.821. The molecule has 0 aromatic rings. The first-order valence-electron chi connectivity index (χ1n) is 13.3. The number of hydrogen-bond acceptors (Lipinski definition) is 7. The van der Waals surface area contributed by atoms with Gasteiger partial charge < -0.3 is 18.9 Å². The van der Waals surface area contributed by atoms with Gasteiger partial charge in [0.05, 0.1) is 0 Å². The molecule has 0 spiro atoms. The van der Waals surface area contributed by atoms with E-state index in [-0.39, 0.29) is 47.8 Å². The number of ether oxygens (including phenoxy) is 4. The average Bonchev–Trinajstić information content (AvgIpc) is 3.18. The minimum atomic E-state index is -0.534. The molecule has 0 aliphatic heterocycles. The molecule has 0 bridgehead atoms. The maximum absolute atomic E-state index is 13.2. The molecule has 196 valence electrons. The van der Waals surface area contributed by atoms with Gasteiger partial charge in [-0.25, -0.2) is 4.79 Å². The third-order valence-electron chi connectivity index (χ3n) is 9.92. The van der Waals surface area contributed by atoms with Crippen LogP contribution in [0.2, 0.25) is 0 Å². The summed E-state index contributed by atoms with van der Waals surface area (Å²) in [6.07, 6.45) is 9.94. The zero-order valence-electron chi connectivity index (χ0n) is 22.0. The first-order valence-corrected chi connectivity index (χ1v) is 13.3. The van der Waals surface area contributed by atoms with Gasteiger partial charge in [-0.05, 0) is 80.5 Å². The SMILES string of the molecule is COC(C)OCC(=O)OCC(=O)[C@H]1CC[C@H]2[C@@H]3CC=C4C[C@@H](OC(C)=O)CC[C@]4(C)[C@H]3CC[C@]12C. The Bertz CT molecular complexity index is 865. The second-order valence-corrected chi connectivity index (χ2v) is 11.6. The highest BCUT2D eigenvalue weighted by Gasteiger charge is 2.59. The molecule has 0 radical (unpaired) electrons. The second kappa shape index (κ2) is 10.3. The van der Waals surface area contributed by atoms with Crippen molar-refractivity contribution in [2.75, 3.05) is 20.3 Å². The van der Waals surface area contributed by atoms with Crippen molar-refractivity contribution in [2.24, 2.45) is 34.5 Å². The summed E-state index contributed by atoms with van der Waals surface area (Å²) in [4.78, 5) is 36.7. The number of carbonyl (C=O) groups is 3. The molecule has 4 aliphatic carbocycles. The minimum Gasteiger partial charge on any atom is -0.462 e. The summed E-state index contributed by atoms with van der Waals surface area (Å²) in [5.74, 6) is 0.971. The zero-order chi connectivity index (χ0) is 25.4. The van der Waals surface area contributed by atoms with E-state index in [0.29, 0.717) is 17.8 Å². The van der Waals surface area contributed by atoms with Gasteiger partial charge in [0.15, 0.2) is 12.1 Å². The highest BCUT2D eigenvalue weighted by Crippen LogP contribution is 2.66. The molecule has 7 nitrogen and oxygen atoms in total. The number of fused-ring (bicyclic) bond motifs is 5. The zero-order valence-corrected chi connectivity index (χ0v) is 22.0. The fourth-order valence-corrected chi connectivity index (χ4v) is 8.04. The van der Waals surface area contributed by atoms with Crippen LogP contribution in [0.5, 0.6) is 0 Å². The number of rotatable bonds is 8. The van der Waals surface area contributed by atoms with Gasteiger partial charge in [0, 0.05) is 26.4 Å². The molecule has 1 unspecified atom stereocenters. The van der Waals surface area contributed by atoms with Crippen molar-refractivity contribution < 1.29 is 33.3 Å². The molecule has 0 amide bonds. The molecule has 8 atom stereocenters. The maximum Gasteiger partial charge on any atom is 0.332 e.